The molecule has 2 N–H and O–H groups in total. The van der Waals surface area contributed by atoms with Gasteiger partial charge in [0.25, 0.3) is 0 Å². The highest BCUT2D eigenvalue weighted by atomic mass is 32.2. The predicted molar refractivity (Wildman–Crippen MR) is 52.0 cm³/mol. The number of nitrogens with one attached hydrogen (secondary N) is 1. The third kappa shape index (κ3) is 3.43. The highest BCUT2D eigenvalue weighted by molar-refractivity contribution is 7.74. The first-order valence-corrected chi connectivity index (χ1v) is 4.88. The first-order chi connectivity index (χ1) is 6.22. The summed E-state index contributed by atoms with van der Waals surface area (Å²) in [5.41, 5.74) is 0.957. The number of benzene rings is 1. The molecule has 1 aromatic rings. The molecule has 0 saturated carbocycles. The van der Waals surface area contributed by atoms with Gasteiger partial charge in [0, 0.05) is 12.2 Å². The number of hydrogen-bond acceptors (Lipinski definition) is 3. The van der Waals surface area contributed by atoms with Crippen molar-refractivity contribution >= 4 is 17.0 Å². The maximum atomic E-state index is 10.3. The molecule has 0 bridgehead atoms. The summed E-state index contributed by atoms with van der Waals surface area (Å²) in [5.74, 6) is 0.377. The van der Waals surface area contributed by atoms with Gasteiger partial charge in [-0.1, -0.05) is 0 Å². The Labute approximate surface area is 79.4 Å². The zero-order valence-corrected chi connectivity index (χ0v) is 8.00. The van der Waals surface area contributed by atoms with Crippen molar-refractivity contribution in [3.05, 3.63) is 24.3 Å². The van der Waals surface area contributed by atoms with Crippen LogP contribution in [0, 0.1) is 0 Å². The number of hydrogen-bond donors (Lipinski definition) is 2. The molecule has 1 atom stereocenters. The van der Waals surface area contributed by atoms with Crippen LogP contribution in [0.1, 0.15) is 6.92 Å². The molecule has 72 valence electrons. The summed E-state index contributed by atoms with van der Waals surface area (Å²) >= 11 is -2.25. The average Bonchev–Trinajstić information content (AvgIpc) is 2.08. The van der Waals surface area contributed by atoms with Crippen molar-refractivity contribution in [3.8, 4) is 5.75 Å². The van der Waals surface area contributed by atoms with Gasteiger partial charge < -0.3 is 9.50 Å². The normalized spacial score (nSPS) is 12.2. The zero-order chi connectivity index (χ0) is 9.68. The number of anilines is 1. The van der Waals surface area contributed by atoms with Gasteiger partial charge in [0.05, 0.1) is 0 Å². The van der Waals surface area contributed by atoms with Gasteiger partial charge in [-0.25, -0.2) is 0 Å². The second-order valence-electron chi connectivity index (χ2n) is 2.36. The molecule has 0 saturated heterocycles. The molecule has 1 unspecified atom stereocenters. The molecule has 1 rings (SSSR count). The fourth-order valence-corrected chi connectivity index (χ4v) is 1.19. The molecule has 5 heteroatoms. The van der Waals surface area contributed by atoms with Gasteiger partial charge in [-0.2, -0.15) is 4.21 Å². The minimum atomic E-state index is -2.25. The Morgan fingerprint density at radius 2 is 2.08 bits per heavy atom. The Morgan fingerprint density at radius 3 is 2.54 bits per heavy atom. The summed E-state index contributed by atoms with van der Waals surface area (Å²) in [6, 6.07) is 6.83. The molecule has 0 aromatic heterocycles. The van der Waals surface area contributed by atoms with E-state index in [9.17, 15) is 4.21 Å². The molecule has 4 nitrogen and oxygen atoms in total. The monoisotopic (exact) mass is 201 g/mol. The Balaban J connectivity index is 2.64. The fraction of sp³-hybridized carbons (Fsp3) is 0.250. The van der Waals surface area contributed by atoms with E-state index >= 15 is 0 Å². The van der Waals surface area contributed by atoms with E-state index < -0.39 is 11.4 Å². The quantitative estimate of drug-likeness (QED) is 0.727. The van der Waals surface area contributed by atoms with Crippen LogP contribution in [0.3, 0.4) is 0 Å². The van der Waals surface area contributed by atoms with E-state index in [4.69, 9.17) is 4.55 Å². The molecule has 0 radical (unpaired) electrons. The van der Waals surface area contributed by atoms with Crippen molar-refractivity contribution in [1.82, 2.24) is 0 Å². The third-order valence-electron chi connectivity index (χ3n) is 1.40. The van der Waals surface area contributed by atoms with Crippen LogP contribution >= 0.6 is 0 Å². The zero-order valence-electron chi connectivity index (χ0n) is 7.19. The first kappa shape index (κ1) is 10.0. The standard InChI is InChI=1S/C8H11NO3S/c1-2-9-7-3-5-8(6-4-7)12-13(10)11/h3-6,9H,2H2,1H3,(H,10,11). The highest BCUT2D eigenvalue weighted by Crippen LogP contribution is 2.15. The molecule has 0 fully saturated rings. The van der Waals surface area contributed by atoms with E-state index in [1.165, 1.54) is 0 Å². The molecule has 0 spiro atoms. The topological polar surface area (TPSA) is 58.6 Å². The molecule has 13 heavy (non-hydrogen) atoms. The first-order valence-electron chi connectivity index (χ1n) is 3.85. The summed E-state index contributed by atoms with van der Waals surface area (Å²) in [5, 5.41) is 3.09. The van der Waals surface area contributed by atoms with Gasteiger partial charge in [-0.05, 0) is 31.2 Å². The van der Waals surface area contributed by atoms with Crippen molar-refractivity contribution < 1.29 is 12.9 Å². The second-order valence-corrected chi connectivity index (χ2v) is 2.96. The van der Waals surface area contributed by atoms with Crippen molar-refractivity contribution in [2.45, 2.75) is 6.92 Å². The van der Waals surface area contributed by atoms with Gasteiger partial charge in [0.1, 0.15) is 5.75 Å². The van der Waals surface area contributed by atoms with Gasteiger partial charge in [-0.15, -0.1) is 0 Å². The van der Waals surface area contributed by atoms with Crippen LogP contribution in [0.2, 0.25) is 0 Å². The average molecular weight is 201 g/mol. The van der Waals surface area contributed by atoms with Crippen molar-refractivity contribution in [2.24, 2.45) is 0 Å². The molecule has 0 amide bonds. The smallest absolute Gasteiger partial charge is 0.357 e. The van der Waals surface area contributed by atoms with Crippen LogP contribution < -0.4 is 9.50 Å². The van der Waals surface area contributed by atoms with Crippen LogP contribution in [-0.2, 0) is 11.4 Å². The predicted octanol–water partition coefficient (Wildman–Crippen LogP) is 1.63. The minimum Gasteiger partial charge on any atom is -0.385 e. The molecule has 0 heterocycles. The minimum absolute atomic E-state index is 0.377. The van der Waals surface area contributed by atoms with E-state index in [0.29, 0.717) is 5.75 Å². The van der Waals surface area contributed by atoms with Gasteiger partial charge in [0.2, 0.25) is 0 Å². The number of rotatable bonds is 4. The Kier molecular flexibility index (Phi) is 3.72. The van der Waals surface area contributed by atoms with E-state index in [1.807, 2.05) is 6.92 Å². The van der Waals surface area contributed by atoms with E-state index in [0.717, 1.165) is 12.2 Å². The van der Waals surface area contributed by atoms with Crippen LogP contribution in [-0.4, -0.2) is 15.3 Å². The fourth-order valence-electron chi connectivity index (χ4n) is 0.915. The molecular formula is C8H11NO3S. The van der Waals surface area contributed by atoms with Crippen LogP contribution in [0.4, 0.5) is 5.69 Å². The molecular weight excluding hydrogens is 190 g/mol. The summed E-state index contributed by atoms with van der Waals surface area (Å²) in [4.78, 5) is 0. The van der Waals surface area contributed by atoms with Crippen LogP contribution in [0.5, 0.6) is 5.75 Å². The summed E-state index contributed by atoms with van der Waals surface area (Å²) in [6.45, 7) is 2.83. The SMILES string of the molecule is CCNc1ccc(OS(=O)O)cc1. The maximum Gasteiger partial charge on any atom is 0.357 e. The van der Waals surface area contributed by atoms with Crippen LogP contribution in [0.25, 0.3) is 0 Å². The van der Waals surface area contributed by atoms with E-state index in [2.05, 4.69) is 9.50 Å². The molecule has 1 aromatic carbocycles. The molecule has 0 aliphatic heterocycles. The van der Waals surface area contributed by atoms with E-state index in [1.54, 1.807) is 24.3 Å². The van der Waals surface area contributed by atoms with Gasteiger partial charge in [0.15, 0.2) is 0 Å². The largest absolute Gasteiger partial charge is 0.385 e. The van der Waals surface area contributed by atoms with Crippen molar-refractivity contribution in [2.75, 3.05) is 11.9 Å². The van der Waals surface area contributed by atoms with Gasteiger partial charge >= 0.3 is 11.4 Å². The molecule has 0 aliphatic rings. The lowest BCUT2D eigenvalue weighted by Gasteiger charge is -2.03. The Hall–Kier alpha value is -1.07. The van der Waals surface area contributed by atoms with Crippen molar-refractivity contribution in [1.29, 1.82) is 0 Å². The van der Waals surface area contributed by atoms with Crippen LogP contribution in [0.15, 0.2) is 24.3 Å². The Bertz CT molecular complexity index is 286. The summed E-state index contributed by atoms with van der Waals surface area (Å²) in [7, 11) is 0. The summed E-state index contributed by atoms with van der Waals surface area (Å²) < 4.78 is 23.2. The lowest BCUT2D eigenvalue weighted by Crippen LogP contribution is -1.98. The second kappa shape index (κ2) is 4.84. The maximum absolute atomic E-state index is 10.3. The third-order valence-corrected chi connectivity index (χ3v) is 1.74. The lowest BCUT2D eigenvalue weighted by molar-refractivity contribution is 0.458. The van der Waals surface area contributed by atoms with E-state index in [-0.39, 0.29) is 0 Å². The molecule has 0 aliphatic carbocycles. The lowest BCUT2D eigenvalue weighted by atomic mass is 10.3. The van der Waals surface area contributed by atoms with Gasteiger partial charge in [-0.3, -0.25) is 4.55 Å². The highest BCUT2D eigenvalue weighted by Gasteiger charge is 1.97. The summed E-state index contributed by atoms with van der Waals surface area (Å²) in [6.07, 6.45) is 0. The Morgan fingerprint density at radius 1 is 1.46 bits per heavy atom. The van der Waals surface area contributed by atoms with Crippen molar-refractivity contribution in [3.63, 3.8) is 0 Å².